The first-order chi connectivity index (χ1) is 9.54. The molecule has 20 heavy (non-hydrogen) atoms. The van der Waals surface area contributed by atoms with Crippen LogP contribution in [0.15, 0.2) is 35.5 Å². The van der Waals surface area contributed by atoms with Crippen molar-refractivity contribution in [3.05, 3.63) is 35.9 Å². The van der Waals surface area contributed by atoms with Crippen LogP contribution in [0.25, 0.3) is 0 Å². The number of hydrogen-bond acceptors (Lipinski definition) is 3. The summed E-state index contributed by atoms with van der Waals surface area (Å²) in [6.07, 6.45) is 0.341. The molecule has 0 aliphatic heterocycles. The maximum atomic E-state index is 12.1. The van der Waals surface area contributed by atoms with Crippen molar-refractivity contribution in [1.29, 1.82) is 0 Å². The highest BCUT2D eigenvalue weighted by atomic mass is 16.4. The zero-order valence-electron chi connectivity index (χ0n) is 11.9. The third kappa shape index (κ3) is 5.17. The molecule has 0 fully saturated rings. The van der Waals surface area contributed by atoms with E-state index in [9.17, 15) is 4.79 Å². The Bertz CT molecular complexity index is 446. The molecule has 2 amide bonds. The van der Waals surface area contributed by atoms with Gasteiger partial charge in [0, 0.05) is 25.6 Å². The minimum atomic E-state index is -0.158. The molecule has 6 heteroatoms. The SMILES string of the molecule is CC(C)N(CC/C(N)=N/O)C(=O)NCc1ccccc1. The van der Waals surface area contributed by atoms with E-state index < -0.39 is 0 Å². The number of urea groups is 1. The van der Waals surface area contributed by atoms with Crippen LogP contribution in [0.3, 0.4) is 0 Å². The van der Waals surface area contributed by atoms with Crippen LogP contribution < -0.4 is 11.1 Å². The van der Waals surface area contributed by atoms with Gasteiger partial charge in [-0.2, -0.15) is 0 Å². The first kappa shape index (κ1) is 15.8. The van der Waals surface area contributed by atoms with Gasteiger partial charge >= 0.3 is 6.03 Å². The van der Waals surface area contributed by atoms with Crippen LogP contribution in [0.4, 0.5) is 4.79 Å². The number of amides is 2. The molecule has 4 N–H and O–H groups in total. The Balaban J connectivity index is 2.52. The second kappa shape index (κ2) is 8.04. The number of nitrogens with zero attached hydrogens (tertiary/aromatic N) is 2. The van der Waals surface area contributed by atoms with Crippen LogP contribution in [-0.2, 0) is 6.54 Å². The van der Waals surface area contributed by atoms with Crippen LogP contribution >= 0.6 is 0 Å². The Hall–Kier alpha value is -2.24. The van der Waals surface area contributed by atoms with E-state index in [1.165, 1.54) is 0 Å². The lowest BCUT2D eigenvalue weighted by atomic mass is 10.2. The fraction of sp³-hybridized carbons (Fsp3) is 0.429. The van der Waals surface area contributed by atoms with E-state index in [4.69, 9.17) is 10.9 Å². The molecule has 0 aromatic heterocycles. The van der Waals surface area contributed by atoms with Crippen molar-refractivity contribution in [1.82, 2.24) is 10.2 Å². The number of amidine groups is 1. The van der Waals surface area contributed by atoms with Crippen LogP contribution in [0.1, 0.15) is 25.8 Å². The Labute approximate surface area is 119 Å². The standard InChI is InChI=1S/C14H22N4O2/c1-11(2)18(9-8-13(15)17-20)14(19)16-10-12-6-4-3-5-7-12/h3-7,11,20H,8-10H2,1-2H3,(H2,15,17)(H,16,19). The smallest absolute Gasteiger partial charge is 0.317 e. The molecule has 0 aliphatic carbocycles. The lowest BCUT2D eigenvalue weighted by Gasteiger charge is -2.26. The molecule has 1 aromatic carbocycles. The van der Waals surface area contributed by atoms with Crippen LogP contribution in [0, 0.1) is 0 Å². The largest absolute Gasteiger partial charge is 0.409 e. The fourth-order valence-electron chi connectivity index (χ4n) is 1.75. The first-order valence-electron chi connectivity index (χ1n) is 6.59. The summed E-state index contributed by atoms with van der Waals surface area (Å²) in [5, 5.41) is 14.3. The topological polar surface area (TPSA) is 90.9 Å². The molecular weight excluding hydrogens is 256 g/mol. The monoisotopic (exact) mass is 278 g/mol. The van der Waals surface area contributed by atoms with Gasteiger partial charge in [-0.1, -0.05) is 35.5 Å². The maximum absolute atomic E-state index is 12.1. The van der Waals surface area contributed by atoms with E-state index in [2.05, 4.69) is 10.5 Å². The van der Waals surface area contributed by atoms with Crippen molar-refractivity contribution in [2.24, 2.45) is 10.9 Å². The lowest BCUT2D eigenvalue weighted by Crippen LogP contribution is -2.45. The van der Waals surface area contributed by atoms with E-state index in [1.807, 2.05) is 44.2 Å². The van der Waals surface area contributed by atoms with E-state index >= 15 is 0 Å². The summed E-state index contributed by atoms with van der Waals surface area (Å²) in [7, 11) is 0. The van der Waals surface area contributed by atoms with Gasteiger partial charge in [0.25, 0.3) is 0 Å². The molecule has 0 bridgehead atoms. The van der Waals surface area contributed by atoms with Gasteiger partial charge < -0.3 is 21.2 Å². The van der Waals surface area contributed by atoms with Gasteiger partial charge in [-0.25, -0.2) is 4.79 Å². The van der Waals surface area contributed by atoms with Gasteiger partial charge in [-0.15, -0.1) is 0 Å². The highest BCUT2D eigenvalue weighted by Crippen LogP contribution is 2.03. The third-order valence-corrected chi connectivity index (χ3v) is 2.91. The van der Waals surface area contributed by atoms with Crippen molar-refractivity contribution in [3.8, 4) is 0 Å². The summed E-state index contributed by atoms with van der Waals surface area (Å²) in [6, 6.07) is 9.59. The van der Waals surface area contributed by atoms with Gasteiger partial charge in [0.15, 0.2) is 0 Å². The summed E-state index contributed by atoms with van der Waals surface area (Å²) >= 11 is 0. The van der Waals surface area contributed by atoms with E-state index in [0.717, 1.165) is 5.56 Å². The van der Waals surface area contributed by atoms with Crippen molar-refractivity contribution >= 4 is 11.9 Å². The number of rotatable bonds is 6. The molecule has 0 radical (unpaired) electrons. The molecule has 1 aromatic rings. The van der Waals surface area contributed by atoms with Crippen molar-refractivity contribution in [3.63, 3.8) is 0 Å². The van der Waals surface area contributed by atoms with Crippen LogP contribution in [-0.4, -0.2) is 34.6 Å². The molecule has 0 heterocycles. The van der Waals surface area contributed by atoms with Crippen molar-refractivity contribution in [2.45, 2.75) is 32.9 Å². The zero-order valence-corrected chi connectivity index (χ0v) is 11.9. The predicted molar refractivity (Wildman–Crippen MR) is 78.5 cm³/mol. The molecule has 110 valence electrons. The second-order valence-corrected chi connectivity index (χ2v) is 4.77. The molecule has 6 nitrogen and oxygen atoms in total. The predicted octanol–water partition coefficient (Wildman–Crippen LogP) is 1.74. The molecule has 0 saturated heterocycles. The average Bonchev–Trinajstić information content (AvgIpc) is 2.45. The minimum Gasteiger partial charge on any atom is -0.409 e. The summed E-state index contributed by atoms with van der Waals surface area (Å²) in [6.45, 7) is 4.74. The first-order valence-corrected chi connectivity index (χ1v) is 6.59. The summed E-state index contributed by atoms with van der Waals surface area (Å²) in [5.74, 6) is 0.117. The molecule has 0 saturated carbocycles. The maximum Gasteiger partial charge on any atom is 0.317 e. The number of carbonyl (C=O) groups excluding carboxylic acids is 1. The molecule has 0 atom stereocenters. The molecular formula is C14H22N4O2. The van der Waals surface area contributed by atoms with Crippen molar-refractivity contribution < 1.29 is 10.0 Å². The second-order valence-electron chi connectivity index (χ2n) is 4.77. The van der Waals surface area contributed by atoms with Gasteiger partial charge in [0.2, 0.25) is 0 Å². The number of carbonyl (C=O) groups is 1. The number of nitrogens with one attached hydrogen (secondary N) is 1. The van der Waals surface area contributed by atoms with Gasteiger partial charge in [-0.05, 0) is 19.4 Å². The Kier molecular flexibility index (Phi) is 6.36. The Morgan fingerprint density at radius 3 is 2.60 bits per heavy atom. The summed E-state index contributed by atoms with van der Waals surface area (Å²) in [5.41, 5.74) is 6.47. The number of hydrogen-bond donors (Lipinski definition) is 3. The Morgan fingerprint density at radius 1 is 1.40 bits per heavy atom. The zero-order chi connectivity index (χ0) is 15.0. The molecule has 1 rings (SSSR count). The van der Waals surface area contributed by atoms with E-state index in [0.29, 0.717) is 19.5 Å². The van der Waals surface area contributed by atoms with E-state index in [1.54, 1.807) is 4.90 Å². The third-order valence-electron chi connectivity index (χ3n) is 2.91. The molecule has 0 aliphatic rings. The van der Waals surface area contributed by atoms with Gasteiger partial charge in [-0.3, -0.25) is 0 Å². The summed E-state index contributed by atoms with van der Waals surface area (Å²) in [4.78, 5) is 13.8. The number of oxime groups is 1. The summed E-state index contributed by atoms with van der Waals surface area (Å²) < 4.78 is 0. The normalized spacial score (nSPS) is 11.4. The quantitative estimate of drug-likeness (QED) is 0.320. The highest BCUT2D eigenvalue weighted by Gasteiger charge is 2.16. The molecule has 0 spiro atoms. The van der Waals surface area contributed by atoms with Crippen LogP contribution in [0.5, 0.6) is 0 Å². The minimum absolute atomic E-state index is 0.0391. The lowest BCUT2D eigenvalue weighted by molar-refractivity contribution is 0.184. The number of nitrogens with two attached hydrogens (primary N) is 1. The Morgan fingerprint density at radius 2 is 2.05 bits per heavy atom. The van der Waals surface area contributed by atoms with Crippen molar-refractivity contribution in [2.75, 3.05) is 6.54 Å². The van der Waals surface area contributed by atoms with Crippen LogP contribution in [0.2, 0.25) is 0 Å². The molecule has 0 unspecified atom stereocenters. The highest BCUT2D eigenvalue weighted by molar-refractivity contribution is 5.81. The fourth-order valence-corrected chi connectivity index (χ4v) is 1.75. The van der Waals surface area contributed by atoms with Gasteiger partial charge in [0.05, 0.1) is 0 Å². The average molecular weight is 278 g/mol. The van der Waals surface area contributed by atoms with Gasteiger partial charge in [0.1, 0.15) is 5.84 Å². The number of benzene rings is 1. The van der Waals surface area contributed by atoms with E-state index in [-0.39, 0.29) is 17.9 Å².